The standard InChI is InChI=1S/C21H15F4N3O2/c22-20(19(29)28-30)16(12-4-2-1-3-5-12)17(20)13-6-8-14(9-7-13)18-26-11-10-15(27-18)21(23,24)25/h1-11,16-17,30H,(H,28,29). The van der Waals surface area contributed by atoms with Crippen molar-refractivity contribution >= 4 is 5.91 Å². The van der Waals surface area contributed by atoms with Crippen LogP contribution >= 0.6 is 0 Å². The van der Waals surface area contributed by atoms with Gasteiger partial charge in [0.25, 0.3) is 5.91 Å². The average Bonchev–Trinajstić information content (AvgIpc) is 3.40. The molecule has 154 valence electrons. The van der Waals surface area contributed by atoms with E-state index in [-0.39, 0.29) is 5.82 Å². The summed E-state index contributed by atoms with van der Waals surface area (Å²) in [6, 6.07) is 15.3. The SMILES string of the molecule is O=C(NO)C1(F)C(c2ccccc2)C1c1ccc(-c2nccc(C(F)(F)F)n2)cc1. The second-order valence-corrected chi connectivity index (χ2v) is 6.96. The van der Waals surface area contributed by atoms with Crippen LogP contribution in [0.1, 0.15) is 28.7 Å². The lowest BCUT2D eigenvalue weighted by Crippen LogP contribution is -2.33. The van der Waals surface area contributed by atoms with Gasteiger partial charge < -0.3 is 0 Å². The molecule has 4 rings (SSSR count). The number of halogens is 4. The lowest BCUT2D eigenvalue weighted by Gasteiger charge is -2.08. The highest BCUT2D eigenvalue weighted by molar-refractivity contribution is 5.92. The van der Waals surface area contributed by atoms with Crippen molar-refractivity contribution < 1.29 is 27.6 Å². The minimum Gasteiger partial charge on any atom is -0.289 e. The zero-order valence-corrected chi connectivity index (χ0v) is 15.3. The molecule has 1 aliphatic carbocycles. The molecule has 0 aliphatic heterocycles. The number of rotatable bonds is 4. The Bertz CT molecular complexity index is 1070. The van der Waals surface area contributed by atoms with E-state index in [0.29, 0.717) is 16.7 Å². The van der Waals surface area contributed by atoms with Crippen LogP contribution in [-0.4, -0.2) is 26.8 Å². The van der Waals surface area contributed by atoms with Gasteiger partial charge in [0, 0.05) is 23.6 Å². The van der Waals surface area contributed by atoms with Crippen LogP contribution in [0.4, 0.5) is 17.6 Å². The van der Waals surface area contributed by atoms with Crippen molar-refractivity contribution in [2.45, 2.75) is 23.7 Å². The lowest BCUT2D eigenvalue weighted by molar-refractivity contribution is -0.141. The third-order valence-corrected chi connectivity index (χ3v) is 5.21. The number of carbonyl (C=O) groups excluding carboxylic acids is 1. The fraction of sp³-hybridized carbons (Fsp3) is 0.190. The van der Waals surface area contributed by atoms with Gasteiger partial charge in [-0.2, -0.15) is 13.2 Å². The van der Waals surface area contributed by atoms with Crippen molar-refractivity contribution in [1.82, 2.24) is 15.4 Å². The number of hydrogen-bond donors (Lipinski definition) is 2. The van der Waals surface area contributed by atoms with Crippen LogP contribution in [-0.2, 0) is 11.0 Å². The molecule has 3 atom stereocenters. The first-order valence-corrected chi connectivity index (χ1v) is 8.95. The Labute approximate surface area is 168 Å². The number of carbonyl (C=O) groups is 1. The van der Waals surface area contributed by atoms with Gasteiger partial charge in [-0.1, -0.05) is 54.6 Å². The minimum absolute atomic E-state index is 0.119. The van der Waals surface area contributed by atoms with Crippen molar-refractivity contribution in [2.75, 3.05) is 0 Å². The Kier molecular flexibility index (Phi) is 4.77. The van der Waals surface area contributed by atoms with Gasteiger partial charge in [-0.3, -0.25) is 10.0 Å². The molecule has 0 bridgehead atoms. The summed E-state index contributed by atoms with van der Waals surface area (Å²) >= 11 is 0. The molecule has 1 amide bonds. The average molecular weight is 417 g/mol. The Morgan fingerprint density at radius 2 is 1.57 bits per heavy atom. The quantitative estimate of drug-likeness (QED) is 0.378. The third-order valence-electron chi connectivity index (χ3n) is 5.21. The number of amides is 1. The topological polar surface area (TPSA) is 75.1 Å². The molecule has 0 spiro atoms. The van der Waals surface area contributed by atoms with Crippen molar-refractivity contribution in [3.05, 3.63) is 83.7 Å². The van der Waals surface area contributed by atoms with Gasteiger partial charge in [-0.15, -0.1) is 0 Å². The smallest absolute Gasteiger partial charge is 0.289 e. The Morgan fingerprint density at radius 3 is 2.13 bits per heavy atom. The number of hydrogen-bond acceptors (Lipinski definition) is 4. The first-order valence-electron chi connectivity index (χ1n) is 8.95. The number of nitrogens with one attached hydrogen (secondary N) is 1. The minimum atomic E-state index is -4.60. The molecule has 1 aliphatic rings. The highest BCUT2D eigenvalue weighted by Crippen LogP contribution is 2.66. The maximum atomic E-state index is 15.5. The van der Waals surface area contributed by atoms with E-state index in [0.717, 1.165) is 12.3 Å². The summed E-state index contributed by atoms with van der Waals surface area (Å²) in [7, 11) is 0. The van der Waals surface area contributed by atoms with Gasteiger partial charge in [-0.25, -0.2) is 19.8 Å². The fourth-order valence-corrected chi connectivity index (χ4v) is 3.75. The van der Waals surface area contributed by atoms with Crippen LogP contribution in [0.5, 0.6) is 0 Å². The summed E-state index contributed by atoms with van der Waals surface area (Å²) in [4.78, 5) is 19.4. The fourth-order valence-electron chi connectivity index (χ4n) is 3.75. The molecule has 9 heteroatoms. The van der Waals surface area contributed by atoms with Crippen molar-refractivity contribution in [3.63, 3.8) is 0 Å². The molecule has 5 nitrogen and oxygen atoms in total. The van der Waals surface area contributed by atoms with Crippen molar-refractivity contribution in [2.24, 2.45) is 0 Å². The number of aromatic nitrogens is 2. The van der Waals surface area contributed by atoms with Gasteiger partial charge in [0.2, 0.25) is 5.67 Å². The van der Waals surface area contributed by atoms with E-state index in [9.17, 15) is 18.0 Å². The van der Waals surface area contributed by atoms with Crippen LogP contribution in [0.25, 0.3) is 11.4 Å². The lowest BCUT2D eigenvalue weighted by atomic mass is 10.0. The van der Waals surface area contributed by atoms with Crippen LogP contribution in [0.3, 0.4) is 0 Å². The van der Waals surface area contributed by atoms with Gasteiger partial charge in [0.05, 0.1) is 0 Å². The van der Waals surface area contributed by atoms with Crippen LogP contribution in [0, 0.1) is 0 Å². The van der Waals surface area contributed by atoms with Crippen LogP contribution in [0.15, 0.2) is 66.9 Å². The molecule has 0 radical (unpaired) electrons. The Balaban J connectivity index is 1.66. The van der Waals surface area contributed by atoms with E-state index in [2.05, 4.69) is 9.97 Å². The van der Waals surface area contributed by atoms with E-state index in [4.69, 9.17) is 5.21 Å². The maximum absolute atomic E-state index is 15.5. The second kappa shape index (κ2) is 7.17. The van der Waals surface area contributed by atoms with E-state index < -0.39 is 35.3 Å². The van der Waals surface area contributed by atoms with E-state index in [1.165, 1.54) is 29.7 Å². The molecule has 1 fully saturated rings. The van der Waals surface area contributed by atoms with E-state index in [1.807, 2.05) is 0 Å². The molecule has 1 saturated carbocycles. The highest BCUT2D eigenvalue weighted by Gasteiger charge is 2.72. The number of benzene rings is 2. The zero-order valence-electron chi connectivity index (χ0n) is 15.3. The maximum Gasteiger partial charge on any atom is 0.433 e. The first-order chi connectivity index (χ1) is 14.3. The molecule has 2 N–H and O–H groups in total. The molecule has 0 saturated heterocycles. The molecule has 3 aromatic rings. The molecule has 2 aromatic carbocycles. The molecular formula is C21H15F4N3O2. The summed E-state index contributed by atoms with van der Waals surface area (Å²) in [6.07, 6.45) is -3.58. The number of alkyl halides is 4. The van der Waals surface area contributed by atoms with Gasteiger partial charge in [0.1, 0.15) is 5.69 Å². The normalized spacial score (nSPS) is 23.1. The van der Waals surface area contributed by atoms with E-state index >= 15 is 4.39 Å². The molecule has 30 heavy (non-hydrogen) atoms. The van der Waals surface area contributed by atoms with Crippen molar-refractivity contribution in [1.29, 1.82) is 0 Å². The monoisotopic (exact) mass is 417 g/mol. The van der Waals surface area contributed by atoms with Crippen LogP contribution < -0.4 is 5.48 Å². The molecule has 1 heterocycles. The largest absolute Gasteiger partial charge is 0.433 e. The predicted octanol–water partition coefficient (Wildman–Crippen LogP) is 4.26. The summed E-state index contributed by atoms with van der Waals surface area (Å²) in [6.45, 7) is 0. The van der Waals surface area contributed by atoms with Gasteiger partial charge >= 0.3 is 6.18 Å². The zero-order chi connectivity index (χ0) is 21.5. The number of nitrogens with zero attached hydrogens (tertiary/aromatic N) is 2. The van der Waals surface area contributed by atoms with Gasteiger partial charge in [-0.05, 0) is 17.2 Å². The van der Waals surface area contributed by atoms with Gasteiger partial charge in [0.15, 0.2) is 5.82 Å². The molecule has 1 aromatic heterocycles. The number of hydroxylamine groups is 1. The molecule has 3 unspecified atom stereocenters. The Morgan fingerprint density at radius 1 is 0.967 bits per heavy atom. The summed E-state index contributed by atoms with van der Waals surface area (Å²) < 4.78 is 54.1. The summed E-state index contributed by atoms with van der Waals surface area (Å²) in [5.74, 6) is -2.93. The van der Waals surface area contributed by atoms with E-state index in [1.54, 1.807) is 30.3 Å². The third kappa shape index (κ3) is 3.30. The van der Waals surface area contributed by atoms with Crippen LogP contribution in [0.2, 0.25) is 0 Å². The highest BCUT2D eigenvalue weighted by atomic mass is 19.4. The molecular weight excluding hydrogens is 402 g/mol. The summed E-state index contributed by atoms with van der Waals surface area (Å²) in [5, 5.41) is 8.98. The summed E-state index contributed by atoms with van der Waals surface area (Å²) in [5.41, 5.74) is -0.646. The predicted molar refractivity (Wildman–Crippen MR) is 98.2 cm³/mol. The Hall–Kier alpha value is -3.33. The van der Waals surface area contributed by atoms with Crippen molar-refractivity contribution in [3.8, 4) is 11.4 Å². The second-order valence-electron chi connectivity index (χ2n) is 6.96. The first kappa shape index (κ1) is 20.0.